The fourth-order valence-corrected chi connectivity index (χ4v) is 4.52. The second-order valence-electron chi connectivity index (χ2n) is 8.13. The van der Waals surface area contributed by atoms with Gasteiger partial charge in [-0.25, -0.2) is 8.78 Å². The molecule has 7 nitrogen and oxygen atoms in total. The highest BCUT2D eigenvalue weighted by atomic mass is 32.2. The molecule has 2 aromatic heterocycles. The molecule has 33 heavy (non-hydrogen) atoms. The third-order valence-electron chi connectivity index (χ3n) is 5.03. The van der Waals surface area contributed by atoms with Crippen molar-refractivity contribution in [3.8, 4) is 0 Å². The summed E-state index contributed by atoms with van der Waals surface area (Å²) in [6.07, 6.45) is 0.114. The highest BCUT2D eigenvalue weighted by Gasteiger charge is 2.18. The number of aryl methyl sites for hydroxylation is 2. The largest absolute Gasteiger partial charge is 0.354 e. The van der Waals surface area contributed by atoms with Crippen molar-refractivity contribution >= 4 is 34.3 Å². The van der Waals surface area contributed by atoms with E-state index in [4.69, 9.17) is 0 Å². The van der Waals surface area contributed by atoms with E-state index in [1.807, 2.05) is 32.9 Å². The van der Waals surface area contributed by atoms with Crippen LogP contribution in [0.5, 0.6) is 0 Å². The van der Waals surface area contributed by atoms with Gasteiger partial charge in [0.15, 0.2) is 5.16 Å². The molecule has 10 heteroatoms. The lowest BCUT2D eigenvalue weighted by Crippen LogP contribution is -2.32. The third-order valence-corrected chi connectivity index (χ3v) is 6.03. The molecule has 172 valence electrons. The van der Waals surface area contributed by atoms with E-state index in [2.05, 4.69) is 15.5 Å². The molecule has 0 bridgehead atoms. The van der Waals surface area contributed by atoms with Gasteiger partial charge in [-0.2, -0.15) is 0 Å². The van der Waals surface area contributed by atoms with Gasteiger partial charge in [-0.05, 0) is 50.6 Å². The van der Waals surface area contributed by atoms with Crippen LogP contribution in [0.15, 0.2) is 46.3 Å². The van der Waals surface area contributed by atoms with Crippen LogP contribution in [0.2, 0.25) is 0 Å². The summed E-state index contributed by atoms with van der Waals surface area (Å²) in [5.74, 6) is -0.890. The summed E-state index contributed by atoms with van der Waals surface area (Å²) in [6.45, 7) is 5.77. The molecule has 2 heterocycles. The van der Waals surface area contributed by atoms with Gasteiger partial charge in [-0.3, -0.25) is 18.6 Å². The number of benzene rings is 2. The number of nitrogens with zero attached hydrogens (tertiary/aromatic N) is 4. The Kier molecular flexibility index (Phi) is 6.46. The number of carbonyl (C=O) groups excluding carboxylic acids is 1. The Balaban J connectivity index is 1.76. The van der Waals surface area contributed by atoms with Crippen molar-refractivity contribution in [3.05, 3.63) is 69.5 Å². The Morgan fingerprint density at radius 1 is 1.12 bits per heavy atom. The maximum Gasteiger partial charge on any atom is 0.262 e. The molecule has 4 aromatic rings. The molecule has 0 saturated carbocycles. The quantitative estimate of drug-likeness (QED) is 0.414. The average molecular weight is 472 g/mol. The van der Waals surface area contributed by atoms with Crippen LogP contribution in [0.4, 0.5) is 8.78 Å². The van der Waals surface area contributed by atoms with Gasteiger partial charge in [0.05, 0.1) is 10.9 Å². The smallest absolute Gasteiger partial charge is 0.262 e. The van der Waals surface area contributed by atoms with Crippen LogP contribution in [-0.4, -0.2) is 31.1 Å². The topological polar surface area (TPSA) is 81.3 Å². The maximum atomic E-state index is 13.6. The van der Waals surface area contributed by atoms with Crippen LogP contribution in [0.3, 0.4) is 0 Å². The number of amides is 1. The van der Waals surface area contributed by atoms with Gasteiger partial charge in [-0.15, -0.1) is 10.2 Å². The van der Waals surface area contributed by atoms with Crippen molar-refractivity contribution in [2.45, 2.75) is 50.7 Å². The minimum Gasteiger partial charge on any atom is -0.354 e. The Bertz CT molecular complexity index is 1390. The number of hydrogen-bond acceptors (Lipinski definition) is 5. The fraction of sp³-hybridized carbons (Fsp3) is 0.304. The van der Waals surface area contributed by atoms with E-state index < -0.39 is 11.6 Å². The van der Waals surface area contributed by atoms with Crippen molar-refractivity contribution in [1.29, 1.82) is 0 Å². The molecule has 0 aliphatic rings. The van der Waals surface area contributed by atoms with E-state index >= 15 is 0 Å². The van der Waals surface area contributed by atoms with Crippen molar-refractivity contribution < 1.29 is 13.6 Å². The van der Waals surface area contributed by atoms with Crippen LogP contribution in [-0.2, 0) is 17.1 Å². The van der Waals surface area contributed by atoms with Crippen LogP contribution in [0.1, 0.15) is 31.4 Å². The van der Waals surface area contributed by atoms with E-state index in [-0.39, 0.29) is 36.2 Å². The maximum absolute atomic E-state index is 13.6. The third kappa shape index (κ3) is 4.90. The molecule has 2 aromatic carbocycles. The van der Waals surface area contributed by atoms with E-state index in [0.717, 1.165) is 11.6 Å². The minimum absolute atomic E-state index is 0.00255. The molecule has 1 amide bonds. The number of hydrogen-bond donors (Lipinski definition) is 1. The SMILES string of the molecule is Cc1ccc2c(c1)c(=O)n(CCC(=O)NC(C)C)c1nnc(SCc3cc(F)cc(F)c3)n21. The predicted octanol–water partition coefficient (Wildman–Crippen LogP) is 3.84. The molecule has 1 N–H and O–H groups in total. The van der Waals surface area contributed by atoms with Crippen molar-refractivity contribution in [1.82, 2.24) is 24.5 Å². The van der Waals surface area contributed by atoms with E-state index in [1.165, 1.54) is 28.5 Å². The van der Waals surface area contributed by atoms with E-state index in [9.17, 15) is 18.4 Å². The Morgan fingerprint density at radius 3 is 2.55 bits per heavy atom. The summed E-state index contributed by atoms with van der Waals surface area (Å²) >= 11 is 1.25. The van der Waals surface area contributed by atoms with Gasteiger partial charge >= 0.3 is 0 Å². The van der Waals surface area contributed by atoms with Crippen LogP contribution in [0.25, 0.3) is 16.7 Å². The van der Waals surface area contributed by atoms with Crippen LogP contribution in [0, 0.1) is 18.6 Å². The average Bonchev–Trinajstić information content (AvgIpc) is 3.15. The lowest BCUT2D eigenvalue weighted by atomic mass is 10.1. The second-order valence-corrected chi connectivity index (χ2v) is 9.08. The predicted molar refractivity (Wildman–Crippen MR) is 123 cm³/mol. The van der Waals surface area contributed by atoms with Gasteiger partial charge < -0.3 is 5.32 Å². The lowest BCUT2D eigenvalue weighted by Gasteiger charge is -2.13. The molecule has 0 spiro atoms. The van der Waals surface area contributed by atoms with Crippen molar-refractivity contribution in [3.63, 3.8) is 0 Å². The number of aromatic nitrogens is 4. The molecule has 0 saturated heterocycles. The monoisotopic (exact) mass is 471 g/mol. The van der Waals surface area contributed by atoms with Gasteiger partial charge in [0.2, 0.25) is 11.7 Å². The first-order valence-corrected chi connectivity index (χ1v) is 11.5. The van der Waals surface area contributed by atoms with Gasteiger partial charge in [0, 0.05) is 30.8 Å². The van der Waals surface area contributed by atoms with Crippen molar-refractivity contribution in [2.75, 3.05) is 0 Å². The second kappa shape index (κ2) is 9.30. The Labute approximate surface area is 192 Å². The molecule has 0 aliphatic carbocycles. The zero-order chi connectivity index (χ0) is 23.7. The fourth-order valence-electron chi connectivity index (χ4n) is 3.64. The molecule has 4 rings (SSSR count). The molecule has 0 aliphatic heterocycles. The molecule has 0 unspecified atom stereocenters. The summed E-state index contributed by atoms with van der Waals surface area (Å²) in [4.78, 5) is 25.4. The Morgan fingerprint density at radius 2 is 1.85 bits per heavy atom. The summed E-state index contributed by atoms with van der Waals surface area (Å²) in [5, 5.41) is 12.2. The normalized spacial score (nSPS) is 11.6. The molecule has 0 radical (unpaired) electrons. The number of carbonyl (C=O) groups is 1. The highest BCUT2D eigenvalue weighted by molar-refractivity contribution is 7.98. The zero-order valence-corrected chi connectivity index (χ0v) is 19.2. The number of halogens is 2. The first-order valence-electron chi connectivity index (χ1n) is 10.5. The van der Waals surface area contributed by atoms with Crippen LogP contribution >= 0.6 is 11.8 Å². The Hall–Kier alpha value is -3.27. The van der Waals surface area contributed by atoms with Crippen molar-refractivity contribution in [2.24, 2.45) is 0 Å². The standard InChI is InChI=1S/C23H23F2N5O2S/c1-13(2)26-20(31)6-7-29-21(32)18-8-14(3)4-5-19(18)30-22(29)27-28-23(30)33-12-15-9-16(24)11-17(25)10-15/h4-5,8-11,13H,6-7,12H2,1-3H3,(H,26,31). The van der Waals surface area contributed by atoms with Gasteiger partial charge in [-0.1, -0.05) is 23.4 Å². The van der Waals surface area contributed by atoms with Gasteiger partial charge in [0.25, 0.3) is 5.56 Å². The van der Waals surface area contributed by atoms with Gasteiger partial charge in [0.1, 0.15) is 11.6 Å². The molecular formula is C23H23F2N5O2S. The first kappa shape index (κ1) is 22.9. The summed E-state index contributed by atoms with van der Waals surface area (Å²) in [5.41, 5.74) is 1.75. The van der Waals surface area contributed by atoms with E-state index in [0.29, 0.717) is 27.4 Å². The molecular weight excluding hydrogens is 448 g/mol. The number of thioether (sulfide) groups is 1. The highest BCUT2D eigenvalue weighted by Crippen LogP contribution is 2.26. The first-order chi connectivity index (χ1) is 15.7. The number of rotatable bonds is 7. The summed E-state index contributed by atoms with van der Waals surface area (Å²) < 4.78 is 30.3. The lowest BCUT2D eigenvalue weighted by molar-refractivity contribution is -0.121. The van der Waals surface area contributed by atoms with E-state index in [1.54, 1.807) is 10.5 Å². The summed E-state index contributed by atoms with van der Waals surface area (Å²) in [6, 6.07) is 8.86. The molecule has 0 atom stereocenters. The number of fused-ring (bicyclic) bond motifs is 3. The zero-order valence-electron chi connectivity index (χ0n) is 18.4. The number of nitrogens with one attached hydrogen (secondary N) is 1. The molecule has 0 fully saturated rings. The minimum atomic E-state index is -0.647. The van der Waals surface area contributed by atoms with Crippen LogP contribution < -0.4 is 10.9 Å². The summed E-state index contributed by atoms with van der Waals surface area (Å²) in [7, 11) is 0.